The normalized spacial score (nSPS) is 11.5. The third kappa shape index (κ3) is 2.16. The fraction of sp³-hybridized carbons (Fsp3) is 0.364. The van der Waals surface area contributed by atoms with Gasteiger partial charge in [0.05, 0.1) is 11.0 Å². The smallest absolute Gasteiger partial charge is 0.104 e. The monoisotopic (exact) mass is 204 g/mol. The van der Waals surface area contributed by atoms with Crippen LogP contribution < -0.4 is 5.73 Å². The first-order chi connectivity index (χ1) is 7.19. The molecule has 0 radical (unpaired) electrons. The molecule has 0 saturated carbocycles. The molecule has 1 heterocycles. The molecule has 1 aromatic heterocycles. The maximum atomic E-state index is 5.54. The average molecular weight is 204 g/mol. The van der Waals surface area contributed by atoms with E-state index in [1.165, 1.54) is 5.56 Å². The van der Waals surface area contributed by atoms with Gasteiger partial charge in [0.25, 0.3) is 0 Å². The molecule has 3 N–H and O–H groups in total. The average Bonchev–Trinajstić information content (AvgIpc) is 2.57. The number of H-pyrrole nitrogens is 1. The van der Waals surface area contributed by atoms with Crippen LogP contribution in [0.15, 0.2) is 18.2 Å². The Balaban J connectivity index is 2.30. The van der Waals surface area contributed by atoms with E-state index in [0.29, 0.717) is 6.67 Å². The van der Waals surface area contributed by atoms with Gasteiger partial charge in [-0.25, -0.2) is 4.98 Å². The molecule has 2 rings (SSSR count). The molecule has 4 nitrogen and oxygen atoms in total. The van der Waals surface area contributed by atoms with Crippen LogP contribution in [0.1, 0.15) is 11.4 Å². The van der Waals surface area contributed by atoms with Gasteiger partial charge < -0.3 is 10.7 Å². The van der Waals surface area contributed by atoms with Crippen molar-refractivity contribution in [2.75, 3.05) is 13.7 Å². The number of nitrogens with one attached hydrogen (secondary N) is 1. The lowest BCUT2D eigenvalue weighted by atomic mass is 10.2. The number of nitrogens with two attached hydrogens (primary N) is 1. The molecule has 0 bridgehead atoms. The lowest BCUT2D eigenvalue weighted by molar-refractivity contribution is 0.337. The van der Waals surface area contributed by atoms with Crippen molar-refractivity contribution in [3.63, 3.8) is 0 Å². The predicted molar refractivity (Wildman–Crippen MR) is 61.4 cm³/mol. The summed E-state index contributed by atoms with van der Waals surface area (Å²) in [6.07, 6.45) is 0. The van der Waals surface area contributed by atoms with Crippen molar-refractivity contribution in [1.82, 2.24) is 14.9 Å². The SMILES string of the molecule is Cc1nc2ccc(CN(C)CN)cc2[nH]1. The highest BCUT2D eigenvalue weighted by Crippen LogP contribution is 2.14. The van der Waals surface area contributed by atoms with Crippen LogP contribution in [-0.2, 0) is 6.54 Å². The summed E-state index contributed by atoms with van der Waals surface area (Å²) in [6, 6.07) is 6.26. The molecule has 0 atom stereocenters. The molecule has 15 heavy (non-hydrogen) atoms. The highest BCUT2D eigenvalue weighted by Gasteiger charge is 2.02. The fourth-order valence-corrected chi connectivity index (χ4v) is 1.66. The molecule has 0 fully saturated rings. The number of hydrogen-bond acceptors (Lipinski definition) is 3. The molecule has 4 heteroatoms. The molecular formula is C11H16N4. The Hall–Kier alpha value is -1.39. The first-order valence-corrected chi connectivity index (χ1v) is 5.03. The van der Waals surface area contributed by atoms with Crippen molar-refractivity contribution in [1.29, 1.82) is 0 Å². The second-order valence-electron chi connectivity index (χ2n) is 3.87. The Morgan fingerprint density at radius 3 is 3.00 bits per heavy atom. The van der Waals surface area contributed by atoms with Gasteiger partial charge in [0.2, 0.25) is 0 Å². The van der Waals surface area contributed by atoms with Crippen LogP contribution in [0.3, 0.4) is 0 Å². The van der Waals surface area contributed by atoms with Crippen LogP contribution in [0.5, 0.6) is 0 Å². The van der Waals surface area contributed by atoms with Crippen LogP contribution in [0, 0.1) is 6.92 Å². The lowest BCUT2D eigenvalue weighted by Crippen LogP contribution is -2.24. The van der Waals surface area contributed by atoms with Gasteiger partial charge >= 0.3 is 0 Å². The highest BCUT2D eigenvalue weighted by atomic mass is 15.1. The second kappa shape index (κ2) is 4.00. The van der Waals surface area contributed by atoms with E-state index in [0.717, 1.165) is 23.4 Å². The zero-order valence-electron chi connectivity index (χ0n) is 9.12. The van der Waals surface area contributed by atoms with Gasteiger partial charge in [-0.2, -0.15) is 0 Å². The van der Waals surface area contributed by atoms with Gasteiger partial charge in [-0.15, -0.1) is 0 Å². The van der Waals surface area contributed by atoms with Gasteiger partial charge in [0, 0.05) is 13.2 Å². The fourth-order valence-electron chi connectivity index (χ4n) is 1.66. The minimum atomic E-state index is 0.569. The van der Waals surface area contributed by atoms with Gasteiger partial charge in [-0.05, 0) is 31.7 Å². The van der Waals surface area contributed by atoms with Crippen molar-refractivity contribution in [2.24, 2.45) is 5.73 Å². The molecule has 80 valence electrons. The minimum absolute atomic E-state index is 0.569. The number of benzene rings is 1. The summed E-state index contributed by atoms with van der Waals surface area (Å²) in [5.74, 6) is 0.953. The minimum Gasteiger partial charge on any atom is -0.342 e. The van der Waals surface area contributed by atoms with E-state index in [4.69, 9.17) is 5.73 Å². The van der Waals surface area contributed by atoms with Crippen molar-refractivity contribution in [3.8, 4) is 0 Å². The van der Waals surface area contributed by atoms with E-state index in [2.05, 4.69) is 27.0 Å². The molecule has 0 amide bonds. The summed E-state index contributed by atoms with van der Waals surface area (Å²) in [5, 5.41) is 0. The summed E-state index contributed by atoms with van der Waals surface area (Å²) in [7, 11) is 2.00. The molecule has 0 aliphatic heterocycles. The molecular weight excluding hydrogens is 188 g/mol. The Morgan fingerprint density at radius 2 is 2.27 bits per heavy atom. The van der Waals surface area contributed by atoms with Gasteiger partial charge in [0.15, 0.2) is 0 Å². The van der Waals surface area contributed by atoms with Crippen LogP contribution in [-0.4, -0.2) is 28.6 Å². The number of imidazole rings is 1. The number of aryl methyl sites for hydroxylation is 1. The molecule has 0 aliphatic rings. The number of rotatable bonds is 3. The largest absolute Gasteiger partial charge is 0.342 e. The Morgan fingerprint density at radius 1 is 1.47 bits per heavy atom. The maximum absolute atomic E-state index is 5.54. The first-order valence-electron chi connectivity index (χ1n) is 5.03. The Labute approximate surface area is 89.1 Å². The molecule has 0 aliphatic carbocycles. The first kappa shape index (κ1) is 10.1. The van der Waals surface area contributed by atoms with Gasteiger partial charge in [0.1, 0.15) is 5.82 Å². The van der Waals surface area contributed by atoms with Gasteiger partial charge in [-0.1, -0.05) is 6.07 Å². The van der Waals surface area contributed by atoms with Crippen LogP contribution in [0.25, 0.3) is 11.0 Å². The van der Waals surface area contributed by atoms with E-state index < -0.39 is 0 Å². The third-order valence-electron chi connectivity index (χ3n) is 2.43. The summed E-state index contributed by atoms with van der Waals surface area (Å²) >= 11 is 0. The number of hydrogen-bond donors (Lipinski definition) is 2. The van der Waals surface area contributed by atoms with Crippen molar-refractivity contribution in [3.05, 3.63) is 29.6 Å². The van der Waals surface area contributed by atoms with E-state index >= 15 is 0 Å². The van der Waals surface area contributed by atoms with Crippen LogP contribution in [0.4, 0.5) is 0 Å². The van der Waals surface area contributed by atoms with E-state index in [1.54, 1.807) is 0 Å². The molecule has 0 saturated heterocycles. The summed E-state index contributed by atoms with van der Waals surface area (Å²) < 4.78 is 0. The molecule has 1 aromatic carbocycles. The quantitative estimate of drug-likeness (QED) is 0.739. The zero-order valence-corrected chi connectivity index (χ0v) is 9.12. The number of aromatic nitrogens is 2. The summed E-state index contributed by atoms with van der Waals surface area (Å²) in [6.45, 7) is 3.40. The Bertz CT molecular complexity index is 461. The summed E-state index contributed by atoms with van der Waals surface area (Å²) in [4.78, 5) is 9.65. The predicted octanol–water partition coefficient (Wildman–Crippen LogP) is 1.22. The van der Waals surface area contributed by atoms with E-state index in [1.807, 2.05) is 20.0 Å². The zero-order chi connectivity index (χ0) is 10.8. The Kier molecular flexibility index (Phi) is 2.70. The standard InChI is InChI=1S/C11H16N4/c1-8-13-10-4-3-9(5-11(10)14-8)6-15(2)7-12/h3-5H,6-7,12H2,1-2H3,(H,13,14). The van der Waals surface area contributed by atoms with E-state index in [9.17, 15) is 0 Å². The van der Waals surface area contributed by atoms with Crippen LogP contribution >= 0.6 is 0 Å². The number of fused-ring (bicyclic) bond motifs is 1. The van der Waals surface area contributed by atoms with Crippen molar-refractivity contribution < 1.29 is 0 Å². The second-order valence-corrected chi connectivity index (χ2v) is 3.87. The van der Waals surface area contributed by atoms with Crippen molar-refractivity contribution in [2.45, 2.75) is 13.5 Å². The van der Waals surface area contributed by atoms with Gasteiger partial charge in [-0.3, -0.25) is 4.90 Å². The summed E-state index contributed by atoms with van der Waals surface area (Å²) in [5.41, 5.74) is 8.90. The van der Waals surface area contributed by atoms with Crippen LogP contribution in [0.2, 0.25) is 0 Å². The lowest BCUT2D eigenvalue weighted by Gasteiger charge is -2.13. The number of aromatic amines is 1. The molecule has 2 aromatic rings. The van der Waals surface area contributed by atoms with Crippen molar-refractivity contribution >= 4 is 11.0 Å². The van der Waals surface area contributed by atoms with E-state index in [-0.39, 0.29) is 0 Å². The maximum Gasteiger partial charge on any atom is 0.104 e. The third-order valence-corrected chi connectivity index (χ3v) is 2.43. The highest BCUT2D eigenvalue weighted by molar-refractivity contribution is 5.75. The topological polar surface area (TPSA) is 57.9 Å². The molecule has 0 spiro atoms. The number of nitrogens with zero attached hydrogens (tertiary/aromatic N) is 2. The molecule has 0 unspecified atom stereocenters.